The van der Waals surface area contributed by atoms with Gasteiger partial charge in [-0.15, -0.1) is 0 Å². The molecule has 1 atom stereocenters. The Kier molecular flexibility index (Phi) is 5.74. The molecule has 1 fully saturated rings. The number of hydrogen-bond acceptors (Lipinski definition) is 4. The SMILES string of the molecule is CCOc1cccc(NCC2CCCN2C(=O)OC(C)(C)C)c1. The lowest BCUT2D eigenvalue weighted by Gasteiger charge is -2.29. The van der Waals surface area contributed by atoms with E-state index < -0.39 is 5.60 Å². The second kappa shape index (κ2) is 7.57. The third kappa shape index (κ3) is 5.34. The number of ether oxygens (including phenoxy) is 2. The van der Waals surface area contributed by atoms with E-state index in [1.165, 1.54) is 0 Å². The Bertz CT molecular complexity index is 525. The molecule has 1 unspecified atom stereocenters. The Morgan fingerprint density at radius 1 is 1.39 bits per heavy atom. The first-order valence-corrected chi connectivity index (χ1v) is 8.35. The number of benzene rings is 1. The van der Waals surface area contributed by atoms with Crippen molar-refractivity contribution in [2.75, 3.05) is 25.0 Å². The Morgan fingerprint density at radius 3 is 2.87 bits per heavy atom. The summed E-state index contributed by atoms with van der Waals surface area (Å²) in [6.07, 6.45) is 1.80. The molecule has 5 nitrogen and oxygen atoms in total. The molecule has 0 aromatic heterocycles. The van der Waals surface area contributed by atoms with Crippen molar-refractivity contribution in [3.05, 3.63) is 24.3 Å². The molecule has 1 aliphatic rings. The lowest BCUT2D eigenvalue weighted by molar-refractivity contribution is 0.0235. The fraction of sp³-hybridized carbons (Fsp3) is 0.611. The zero-order chi connectivity index (χ0) is 16.9. The number of nitrogens with one attached hydrogen (secondary N) is 1. The van der Waals surface area contributed by atoms with Crippen molar-refractivity contribution >= 4 is 11.8 Å². The van der Waals surface area contributed by atoms with Gasteiger partial charge < -0.3 is 19.7 Å². The fourth-order valence-corrected chi connectivity index (χ4v) is 2.71. The van der Waals surface area contributed by atoms with Gasteiger partial charge in [-0.1, -0.05) is 6.07 Å². The van der Waals surface area contributed by atoms with Gasteiger partial charge in [0, 0.05) is 24.8 Å². The number of anilines is 1. The lowest BCUT2D eigenvalue weighted by atomic mass is 10.2. The van der Waals surface area contributed by atoms with Crippen LogP contribution in [0, 0.1) is 0 Å². The van der Waals surface area contributed by atoms with Gasteiger partial charge in [-0.25, -0.2) is 4.79 Å². The molecule has 128 valence electrons. The highest BCUT2D eigenvalue weighted by Gasteiger charge is 2.31. The molecule has 0 aliphatic carbocycles. The zero-order valence-electron chi connectivity index (χ0n) is 14.6. The van der Waals surface area contributed by atoms with Crippen LogP contribution in [0.15, 0.2) is 24.3 Å². The standard InChI is InChI=1S/C18H28N2O3/c1-5-22-16-10-6-8-14(12-16)19-13-15-9-7-11-20(15)17(21)23-18(2,3)4/h6,8,10,12,15,19H,5,7,9,11,13H2,1-4H3. The Balaban J connectivity index is 1.91. The molecular formula is C18H28N2O3. The van der Waals surface area contributed by atoms with Crippen molar-refractivity contribution in [3.8, 4) is 5.75 Å². The van der Waals surface area contributed by atoms with E-state index in [2.05, 4.69) is 5.32 Å². The second-order valence-electron chi connectivity index (χ2n) is 6.81. The van der Waals surface area contributed by atoms with Crippen LogP contribution in [-0.2, 0) is 4.74 Å². The van der Waals surface area contributed by atoms with Gasteiger partial charge in [-0.3, -0.25) is 0 Å². The summed E-state index contributed by atoms with van der Waals surface area (Å²) in [5, 5.41) is 3.40. The number of carbonyl (C=O) groups excluding carboxylic acids is 1. The molecule has 1 amide bonds. The third-order valence-electron chi connectivity index (χ3n) is 3.69. The first-order chi connectivity index (χ1) is 10.9. The number of rotatable bonds is 5. The van der Waals surface area contributed by atoms with E-state index in [9.17, 15) is 4.79 Å². The Labute approximate surface area is 139 Å². The summed E-state index contributed by atoms with van der Waals surface area (Å²) < 4.78 is 11.0. The normalized spacial score (nSPS) is 17.9. The van der Waals surface area contributed by atoms with Crippen LogP contribution in [0.4, 0.5) is 10.5 Å². The quantitative estimate of drug-likeness (QED) is 0.894. The number of likely N-dealkylation sites (tertiary alicyclic amines) is 1. The molecule has 2 rings (SSSR count). The molecule has 1 heterocycles. The minimum Gasteiger partial charge on any atom is -0.494 e. The average molecular weight is 320 g/mol. The highest BCUT2D eigenvalue weighted by Crippen LogP contribution is 2.22. The fourth-order valence-electron chi connectivity index (χ4n) is 2.71. The molecule has 0 saturated carbocycles. The number of hydrogen-bond donors (Lipinski definition) is 1. The van der Waals surface area contributed by atoms with Crippen LogP contribution in [0.25, 0.3) is 0 Å². The van der Waals surface area contributed by atoms with Crippen molar-refractivity contribution in [1.82, 2.24) is 4.90 Å². The van der Waals surface area contributed by atoms with E-state index in [1.54, 1.807) is 0 Å². The van der Waals surface area contributed by atoms with Crippen LogP contribution in [0.1, 0.15) is 40.5 Å². The minimum absolute atomic E-state index is 0.167. The molecule has 5 heteroatoms. The maximum Gasteiger partial charge on any atom is 0.410 e. The molecule has 0 radical (unpaired) electrons. The van der Waals surface area contributed by atoms with Gasteiger partial charge in [0.2, 0.25) is 0 Å². The second-order valence-corrected chi connectivity index (χ2v) is 6.81. The summed E-state index contributed by atoms with van der Waals surface area (Å²) in [6.45, 7) is 9.79. The van der Waals surface area contributed by atoms with E-state index in [1.807, 2.05) is 56.9 Å². The Hall–Kier alpha value is -1.91. The van der Waals surface area contributed by atoms with Crippen LogP contribution < -0.4 is 10.1 Å². The first-order valence-electron chi connectivity index (χ1n) is 8.35. The van der Waals surface area contributed by atoms with E-state index in [-0.39, 0.29) is 12.1 Å². The third-order valence-corrected chi connectivity index (χ3v) is 3.69. The molecular weight excluding hydrogens is 292 g/mol. The summed E-state index contributed by atoms with van der Waals surface area (Å²) in [5.41, 5.74) is 0.552. The number of amides is 1. The van der Waals surface area contributed by atoms with Gasteiger partial charge in [0.25, 0.3) is 0 Å². The molecule has 1 saturated heterocycles. The minimum atomic E-state index is -0.455. The van der Waals surface area contributed by atoms with Gasteiger partial charge >= 0.3 is 6.09 Å². The van der Waals surface area contributed by atoms with Crippen molar-refractivity contribution in [3.63, 3.8) is 0 Å². The van der Waals surface area contributed by atoms with Gasteiger partial charge in [0.1, 0.15) is 11.4 Å². The van der Waals surface area contributed by atoms with Crippen molar-refractivity contribution in [2.45, 2.75) is 52.2 Å². The largest absolute Gasteiger partial charge is 0.494 e. The lowest BCUT2D eigenvalue weighted by Crippen LogP contribution is -2.42. The van der Waals surface area contributed by atoms with E-state index in [0.717, 1.165) is 37.4 Å². The average Bonchev–Trinajstić information content (AvgIpc) is 2.93. The number of nitrogens with zero attached hydrogens (tertiary/aromatic N) is 1. The monoisotopic (exact) mass is 320 g/mol. The molecule has 1 aromatic rings. The van der Waals surface area contributed by atoms with Crippen LogP contribution in [0.3, 0.4) is 0 Å². The highest BCUT2D eigenvalue weighted by atomic mass is 16.6. The van der Waals surface area contributed by atoms with Crippen molar-refractivity contribution in [1.29, 1.82) is 0 Å². The van der Waals surface area contributed by atoms with Crippen LogP contribution >= 0.6 is 0 Å². The van der Waals surface area contributed by atoms with Crippen molar-refractivity contribution < 1.29 is 14.3 Å². The van der Waals surface area contributed by atoms with E-state index >= 15 is 0 Å². The van der Waals surface area contributed by atoms with Crippen LogP contribution in [0.5, 0.6) is 5.75 Å². The predicted octanol–water partition coefficient (Wildman–Crippen LogP) is 3.90. The molecule has 1 aliphatic heterocycles. The topological polar surface area (TPSA) is 50.8 Å². The highest BCUT2D eigenvalue weighted by molar-refractivity contribution is 5.69. The maximum atomic E-state index is 12.3. The van der Waals surface area contributed by atoms with Gasteiger partial charge in [-0.05, 0) is 52.7 Å². The Morgan fingerprint density at radius 2 is 2.17 bits per heavy atom. The summed E-state index contributed by atoms with van der Waals surface area (Å²) in [6, 6.07) is 8.07. The predicted molar refractivity (Wildman–Crippen MR) is 92.1 cm³/mol. The smallest absolute Gasteiger partial charge is 0.410 e. The summed E-state index contributed by atoms with van der Waals surface area (Å²) in [4.78, 5) is 14.1. The molecule has 23 heavy (non-hydrogen) atoms. The summed E-state index contributed by atoms with van der Waals surface area (Å²) in [5.74, 6) is 0.855. The van der Waals surface area contributed by atoms with Crippen molar-refractivity contribution in [2.24, 2.45) is 0 Å². The zero-order valence-corrected chi connectivity index (χ0v) is 14.6. The maximum absolute atomic E-state index is 12.3. The summed E-state index contributed by atoms with van der Waals surface area (Å²) >= 11 is 0. The van der Waals surface area contributed by atoms with Gasteiger partial charge in [-0.2, -0.15) is 0 Å². The number of carbonyl (C=O) groups is 1. The molecule has 0 bridgehead atoms. The first kappa shape index (κ1) is 17.4. The van der Waals surface area contributed by atoms with Crippen LogP contribution in [0.2, 0.25) is 0 Å². The van der Waals surface area contributed by atoms with E-state index in [0.29, 0.717) is 6.61 Å². The van der Waals surface area contributed by atoms with Gasteiger partial charge in [0.15, 0.2) is 0 Å². The van der Waals surface area contributed by atoms with Gasteiger partial charge in [0.05, 0.1) is 12.6 Å². The van der Waals surface area contributed by atoms with Crippen LogP contribution in [-0.4, -0.2) is 42.3 Å². The summed E-state index contributed by atoms with van der Waals surface area (Å²) in [7, 11) is 0. The molecule has 0 spiro atoms. The molecule has 1 aromatic carbocycles. The van der Waals surface area contributed by atoms with E-state index in [4.69, 9.17) is 9.47 Å². The molecule has 1 N–H and O–H groups in total.